The third-order valence-electron chi connectivity index (χ3n) is 22.5. The molecular formula is C87H102N16O27P4S5. The number of carbonyl (C=O) groups is 4. The Balaban J connectivity index is 0.000000135. The molecule has 11 aromatic rings. The average Bonchev–Trinajstić information content (AvgIpc) is 1.59. The number of para-hydroxylation sites is 1. The van der Waals surface area contributed by atoms with Crippen molar-refractivity contribution in [2.24, 2.45) is 16.7 Å². The highest BCUT2D eigenvalue weighted by molar-refractivity contribution is 8.55. The summed E-state index contributed by atoms with van der Waals surface area (Å²) >= 11 is 9.54. The molecule has 8 saturated heterocycles. The van der Waals surface area contributed by atoms with Crippen molar-refractivity contribution in [3.05, 3.63) is 182 Å². The topological polar surface area (TPSA) is 562 Å². The van der Waals surface area contributed by atoms with Gasteiger partial charge in [0.15, 0.2) is 59.0 Å². The first-order chi connectivity index (χ1) is 65.7. The summed E-state index contributed by atoms with van der Waals surface area (Å²) in [7, 11) is 0. The predicted molar refractivity (Wildman–Crippen MR) is 519 cm³/mol. The zero-order chi connectivity index (χ0) is 97.8. The van der Waals surface area contributed by atoms with Gasteiger partial charge in [0.25, 0.3) is 12.5 Å². The number of nitrogens with one attached hydrogen (secondary N) is 2. The maximum Gasteiger partial charge on any atom is 0.392 e. The van der Waals surface area contributed by atoms with Gasteiger partial charge in [-0.2, -0.15) is 0 Å². The molecule has 9 aliphatic rings. The number of imidazole rings is 3. The van der Waals surface area contributed by atoms with E-state index in [1.54, 1.807) is 142 Å². The fourth-order valence-electron chi connectivity index (χ4n) is 15.4. The van der Waals surface area contributed by atoms with Crippen LogP contribution in [-0.4, -0.2) is 216 Å². The number of aliphatic hydroxyl groups is 4. The van der Waals surface area contributed by atoms with Crippen LogP contribution in [0.25, 0.3) is 67.0 Å². The molecule has 20 rings (SSSR count). The van der Waals surface area contributed by atoms with Gasteiger partial charge < -0.3 is 99.6 Å². The molecule has 139 heavy (non-hydrogen) atoms. The minimum atomic E-state index is -3.72. The SMILES string of the molecule is C.C=C1NC(=O)C(C)=CN1[C@@H]1O[C@@H]2COP(=S)(Nc3ccccc3)OC2C1O.CC(C)(C)C(=O)OCSP1(=O)OC[C@H]2O[C@@H](n3c(-c4ccccc4)nc4c(N)ccnc43)C(O)C2O1.CC(C)(C)C(=O)OCSP1(=O)OC[C@H]2O[C@@H](n3c(-c4cccs4)nc4c(N)ccnc43)C(O)C2O1.CC(C)C(=O)Oc1ccc(CSP2(=O)OC[C@H]3O[C@@H](n4c(-c5ccoc5)nc5c(N)ncnc54)C(O)C3O2)cc1. The largest absolute Gasteiger partial charge is 0.472 e. The Bertz CT molecular complexity index is 6580. The zero-order valence-corrected chi connectivity index (χ0v) is 82.8. The Morgan fingerprint density at radius 1 is 0.590 bits per heavy atom. The van der Waals surface area contributed by atoms with Gasteiger partial charge in [-0.05, 0) is 131 Å². The van der Waals surface area contributed by atoms with Crippen LogP contribution in [-0.2, 0) is 115 Å². The molecule has 8 aromatic heterocycles. The number of aliphatic hydroxyl groups excluding tert-OH is 4. The third kappa shape index (κ3) is 22.0. The van der Waals surface area contributed by atoms with E-state index in [2.05, 4.69) is 51.9 Å². The maximum absolute atomic E-state index is 13.5. The highest BCUT2D eigenvalue weighted by Gasteiger charge is 2.59. The summed E-state index contributed by atoms with van der Waals surface area (Å²) in [5.41, 5.74) is 23.9. The lowest BCUT2D eigenvalue weighted by molar-refractivity contribution is -0.151. The van der Waals surface area contributed by atoms with Crippen molar-refractivity contribution in [2.75, 3.05) is 60.6 Å². The molecule has 0 saturated carbocycles. The Hall–Kier alpha value is -9.46. The maximum atomic E-state index is 13.5. The van der Waals surface area contributed by atoms with Crippen LogP contribution in [0, 0.1) is 16.7 Å². The number of hydrogen-bond acceptors (Lipinski definition) is 43. The molecule has 12 unspecified atom stereocenters. The molecule has 1 amide bonds. The third-order valence-corrected chi connectivity index (χ3v) is 36.1. The number of nitrogens with two attached hydrogens (primary N) is 3. The number of nitrogen functional groups attached to an aromatic ring is 3. The molecule has 0 aliphatic carbocycles. The second kappa shape index (κ2) is 41.8. The molecular weight excluding hydrogens is 1990 g/mol. The van der Waals surface area contributed by atoms with E-state index in [0.717, 1.165) is 55.8 Å². The van der Waals surface area contributed by atoms with Crippen LogP contribution in [0.2, 0.25) is 0 Å². The molecule has 3 aromatic carbocycles. The summed E-state index contributed by atoms with van der Waals surface area (Å²) < 4.78 is 136. The van der Waals surface area contributed by atoms with E-state index in [9.17, 15) is 53.3 Å². The van der Waals surface area contributed by atoms with Gasteiger partial charge in [0.2, 0.25) is 0 Å². The van der Waals surface area contributed by atoms with Gasteiger partial charge in [-0.1, -0.05) is 94.6 Å². The van der Waals surface area contributed by atoms with Gasteiger partial charge in [-0.3, -0.25) is 60.0 Å². The first-order valence-corrected chi connectivity index (χ1v) is 55.9. The van der Waals surface area contributed by atoms with E-state index in [-0.39, 0.29) is 69.3 Å². The second-order valence-corrected chi connectivity index (χ2v) is 50.9. The Morgan fingerprint density at radius 3 is 1.56 bits per heavy atom. The highest BCUT2D eigenvalue weighted by Crippen LogP contribution is 2.69. The summed E-state index contributed by atoms with van der Waals surface area (Å²) in [5.74, 6) is 0.600. The predicted octanol–water partition coefficient (Wildman–Crippen LogP) is 13.8. The van der Waals surface area contributed by atoms with Crippen molar-refractivity contribution in [3.63, 3.8) is 0 Å². The molecule has 43 nitrogen and oxygen atoms in total. The number of fused-ring (bicyclic) bond motifs is 7. The lowest BCUT2D eigenvalue weighted by Crippen LogP contribution is -2.48. The lowest BCUT2D eigenvalue weighted by Gasteiger charge is -2.35. The standard InChI is InChI=1S/C25H26N5O8PS.C23H27N4O7PS.C21H25N4O7PS2.C17H20N3O5PS.CH4/c1-13(2)25(32)36-16-5-3-14(4-6-16)11-40-39(33)35-10-17-20(38-39)19(31)24(37-17)30-22(15-7-8-34-9-15)29-18-21(26)27-12-28-23(18)30;1-23(2,3)22(29)31-12-36-35(30)32-11-15-18(34-35)17(28)21(33-15)27-19(13-7-5-4-6-8-13)26-16-14(24)9-10-25-20(16)27;1-21(2,3)20(27)29-10-35-33(28)30-9-12-16(32-33)15(26)19(31-12)25-17(13-5-4-8-34-13)24-14-11(22)6-7-23-18(14)25;1-10-8-20(11(2)18-16(10)22)17-14(21)15-13(24-17)9-23-26(27,25-15)19-12-6-4-3-5-7-12;/h3-9,12-13,17,19-20,24,31H,10-11H2,1-2H3,(H2,26,27,28);4-10,15,17-18,21,28H,11-12H2,1-3H3,(H2,24,25);4-8,12,15-16,19,26H,9-10H2,1-3H3,(H2,22,23);3-8,13-15,17,21H,2,9H2,1H3,(H,18,22)(H,19,27);1H4/t17-,19?,20?,24-,39?;15-,17?,18?,21-,35?;12-,15?,16?,19-,33?;13-,14?,15?,17-,26?;/m1111./s1. The van der Waals surface area contributed by atoms with Crippen LogP contribution in [0.4, 0.5) is 22.9 Å². The van der Waals surface area contributed by atoms with Gasteiger partial charge in [0.05, 0.1) is 71.3 Å². The van der Waals surface area contributed by atoms with E-state index in [1.165, 1.54) is 30.2 Å². The number of amides is 1. The van der Waals surface area contributed by atoms with Crippen molar-refractivity contribution in [1.29, 1.82) is 0 Å². The molecule has 12 N–H and O–H groups in total. The average molecular weight is 2090 g/mol. The molecule has 8 fully saturated rings. The Morgan fingerprint density at radius 2 is 1.06 bits per heavy atom. The number of thiophene rings is 1. The van der Waals surface area contributed by atoms with Gasteiger partial charge in [0.1, 0.15) is 132 Å². The van der Waals surface area contributed by atoms with Crippen LogP contribution in [0.15, 0.2) is 180 Å². The van der Waals surface area contributed by atoms with Gasteiger partial charge in [-0.15, -0.1) is 11.3 Å². The number of rotatable bonds is 20. The number of anilines is 4. The lowest BCUT2D eigenvalue weighted by atomic mass is 9.98. The summed E-state index contributed by atoms with van der Waals surface area (Å²) in [5, 5.41) is 52.4. The molecule has 0 radical (unpaired) electrons. The molecule has 9 aliphatic heterocycles. The van der Waals surface area contributed by atoms with E-state index in [4.69, 9.17) is 103 Å². The van der Waals surface area contributed by atoms with Crippen LogP contribution >= 0.6 is 72.5 Å². The van der Waals surface area contributed by atoms with E-state index in [0.29, 0.717) is 90.8 Å². The number of aromatic nitrogens is 10. The fraction of sp³-hybridized carbons (Fsp3) is 0.414. The van der Waals surface area contributed by atoms with Gasteiger partial charge >= 0.3 is 38.3 Å². The van der Waals surface area contributed by atoms with Crippen molar-refractivity contribution >= 4 is 165 Å². The minimum Gasteiger partial charge on any atom is -0.472 e. The van der Waals surface area contributed by atoms with Crippen molar-refractivity contribution in [2.45, 2.75) is 174 Å². The summed E-state index contributed by atoms with van der Waals surface area (Å²) in [6.07, 6.45) is -5.21. The number of carbonyl (C=O) groups excluding carboxylic acids is 4. The number of hydrogen-bond donors (Lipinski definition) is 9. The number of pyridine rings is 2. The Kier molecular flexibility index (Phi) is 30.8. The minimum absolute atomic E-state index is 0. The zero-order valence-electron chi connectivity index (χ0n) is 75.1. The smallest absolute Gasteiger partial charge is 0.392 e. The van der Waals surface area contributed by atoms with Crippen LogP contribution in [0.1, 0.15) is 94.0 Å². The Labute approximate surface area is 817 Å². The van der Waals surface area contributed by atoms with Crippen LogP contribution < -0.4 is 32.3 Å². The van der Waals surface area contributed by atoms with Crippen LogP contribution in [0.5, 0.6) is 5.75 Å². The molecule has 0 spiro atoms. The highest BCUT2D eigenvalue weighted by atomic mass is 32.7. The number of esters is 3. The fourth-order valence-corrected chi connectivity index (χ4v) is 27.5. The van der Waals surface area contributed by atoms with E-state index < -0.39 is 148 Å². The van der Waals surface area contributed by atoms with Crippen molar-refractivity contribution in [1.82, 2.24) is 58.8 Å². The van der Waals surface area contributed by atoms with Crippen LogP contribution in [0.3, 0.4) is 0 Å². The number of ether oxygens (including phenoxy) is 7. The van der Waals surface area contributed by atoms with Gasteiger partial charge in [0, 0.05) is 63.9 Å². The molecule has 17 heterocycles. The van der Waals surface area contributed by atoms with Crippen molar-refractivity contribution in [3.8, 4) is 39.2 Å². The van der Waals surface area contributed by atoms with Crippen molar-refractivity contribution < 1.29 is 127 Å². The van der Waals surface area contributed by atoms with E-state index >= 15 is 0 Å². The molecule has 20 atom stereocenters. The summed E-state index contributed by atoms with van der Waals surface area (Å²) in [4.78, 5) is 81.1. The van der Waals surface area contributed by atoms with Gasteiger partial charge in [-0.25, -0.2) is 48.6 Å². The first kappa shape index (κ1) is 102. The molecule has 52 heteroatoms. The number of benzene rings is 3. The van der Waals surface area contributed by atoms with E-state index in [1.807, 2.05) is 78.2 Å². The molecule has 742 valence electrons. The second-order valence-electron chi connectivity index (χ2n) is 34.8. The summed E-state index contributed by atoms with van der Waals surface area (Å²) in [6.45, 7) is 5.46. The summed E-state index contributed by atoms with van der Waals surface area (Å²) in [6, 6.07) is 34.5. The normalized spacial score (nSPS) is 29.1. The molecule has 0 bridgehead atoms. The number of nitrogens with zero attached hydrogens (tertiary/aromatic N) is 11. The first-order valence-electron chi connectivity index (χ1n) is 43.0. The monoisotopic (exact) mass is 2090 g/mol. The number of furan rings is 1. The quantitative estimate of drug-likeness (QED) is 0.0148.